The summed E-state index contributed by atoms with van der Waals surface area (Å²) in [6.07, 6.45) is 2.73. The van der Waals surface area contributed by atoms with E-state index in [4.69, 9.17) is 4.74 Å². The van der Waals surface area contributed by atoms with E-state index in [-0.39, 0.29) is 10.7 Å². The van der Waals surface area contributed by atoms with E-state index in [1.54, 1.807) is 11.4 Å². The molecule has 4 rings (SSSR count). The summed E-state index contributed by atoms with van der Waals surface area (Å²) in [6, 6.07) is 8.18. The number of sulfonamides is 1. The molecule has 0 radical (unpaired) electrons. The third-order valence-corrected chi connectivity index (χ3v) is 7.74. The van der Waals surface area contributed by atoms with Crippen LogP contribution in [0.2, 0.25) is 0 Å². The summed E-state index contributed by atoms with van der Waals surface area (Å²) in [5.41, 5.74) is 1.48. The lowest BCUT2D eigenvalue weighted by molar-refractivity contribution is 0.00650. The fourth-order valence-corrected chi connectivity index (χ4v) is 5.90. The summed E-state index contributed by atoms with van der Waals surface area (Å²) in [5.74, 6) is 0.880. The molecule has 23 heavy (non-hydrogen) atoms. The molecule has 0 bridgehead atoms. The Hall–Kier alpha value is -1.11. The Morgan fingerprint density at radius 2 is 1.87 bits per heavy atom. The van der Waals surface area contributed by atoms with Gasteiger partial charge < -0.3 is 4.74 Å². The lowest BCUT2D eigenvalue weighted by Gasteiger charge is -2.48. The average molecular weight is 336 g/mol. The summed E-state index contributed by atoms with van der Waals surface area (Å²) >= 11 is 0. The SMILES string of the molecule is COc1ccc(CN2CC3(CCN(S(=O)(=O)C4CC4)C3)C2)cc1. The number of methoxy groups -OCH3 is 1. The number of hydrogen-bond acceptors (Lipinski definition) is 4. The molecule has 1 saturated carbocycles. The van der Waals surface area contributed by atoms with Crippen molar-refractivity contribution in [3.05, 3.63) is 29.8 Å². The zero-order chi connectivity index (χ0) is 16.1. The maximum Gasteiger partial charge on any atom is 0.217 e. The Bertz CT molecular complexity index is 676. The molecular formula is C17H24N2O3S. The van der Waals surface area contributed by atoms with Crippen LogP contribution in [0.1, 0.15) is 24.8 Å². The molecule has 2 aliphatic heterocycles. The van der Waals surface area contributed by atoms with Gasteiger partial charge in [0.2, 0.25) is 10.0 Å². The number of benzene rings is 1. The fourth-order valence-electron chi connectivity index (χ4n) is 3.95. The highest BCUT2D eigenvalue weighted by molar-refractivity contribution is 7.90. The van der Waals surface area contributed by atoms with Crippen molar-refractivity contribution in [3.8, 4) is 5.75 Å². The maximum absolute atomic E-state index is 12.4. The van der Waals surface area contributed by atoms with Gasteiger partial charge >= 0.3 is 0 Å². The molecule has 0 aromatic heterocycles. The number of ether oxygens (including phenoxy) is 1. The van der Waals surface area contributed by atoms with E-state index in [0.717, 1.165) is 57.7 Å². The van der Waals surface area contributed by atoms with Crippen molar-refractivity contribution < 1.29 is 13.2 Å². The first-order valence-electron chi connectivity index (χ1n) is 8.35. The molecule has 3 fully saturated rings. The zero-order valence-electron chi connectivity index (χ0n) is 13.6. The highest BCUT2D eigenvalue weighted by atomic mass is 32.2. The first-order chi connectivity index (χ1) is 11.0. The highest BCUT2D eigenvalue weighted by Crippen LogP contribution is 2.43. The third kappa shape index (κ3) is 2.88. The summed E-state index contributed by atoms with van der Waals surface area (Å²) in [4.78, 5) is 2.41. The van der Waals surface area contributed by atoms with Crippen molar-refractivity contribution in [3.63, 3.8) is 0 Å². The number of likely N-dealkylation sites (tertiary alicyclic amines) is 1. The van der Waals surface area contributed by atoms with Gasteiger partial charge in [-0.05, 0) is 37.0 Å². The van der Waals surface area contributed by atoms with E-state index >= 15 is 0 Å². The van der Waals surface area contributed by atoms with Crippen molar-refractivity contribution in [2.75, 3.05) is 33.3 Å². The average Bonchev–Trinajstić information content (AvgIpc) is 3.28. The van der Waals surface area contributed by atoms with Crippen LogP contribution in [0.5, 0.6) is 5.75 Å². The second kappa shape index (κ2) is 5.46. The minimum Gasteiger partial charge on any atom is -0.497 e. The molecule has 1 spiro atoms. The molecule has 1 aromatic carbocycles. The lowest BCUT2D eigenvalue weighted by Crippen LogP contribution is -2.57. The lowest BCUT2D eigenvalue weighted by atomic mass is 9.79. The van der Waals surface area contributed by atoms with Gasteiger partial charge in [0.15, 0.2) is 0 Å². The van der Waals surface area contributed by atoms with Gasteiger partial charge in [-0.1, -0.05) is 12.1 Å². The van der Waals surface area contributed by atoms with Crippen LogP contribution < -0.4 is 4.74 Å². The molecule has 1 aromatic rings. The molecule has 5 nitrogen and oxygen atoms in total. The normalized spacial score (nSPS) is 24.7. The van der Waals surface area contributed by atoms with Crippen molar-refractivity contribution in [1.82, 2.24) is 9.21 Å². The van der Waals surface area contributed by atoms with Gasteiger partial charge in [-0.25, -0.2) is 12.7 Å². The van der Waals surface area contributed by atoms with E-state index in [9.17, 15) is 8.42 Å². The smallest absolute Gasteiger partial charge is 0.217 e. The Morgan fingerprint density at radius 1 is 1.17 bits per heavy atom. The summed E-state index contributed by atoms with van der Waals surface area (Å²) < 4.78 is 31.7. The van der Waals surface area contributed by atoms with E-state index in [1.807, 2.05) is 12.1 Å². The monoisotopic (exact) mass is 336 g/mol. The van der Waals surface area contributed by atoms with Crippen LogP contribution in [-0.2, 0) is 16.6 Å². The number of nitrogens with zero attached hydrogens (tertiary/aromatic N) is 2. The number of hydrogen-bond donors (Lipinski definition) is 0. The van der Waals surface area contributed by atoms with Crippen LogP contribution in [-0.4, -0.2) is 56.2 Å². The van der Waals surface area contributed by atoms with Crippen molar-refractivity contribution in [1.29, 1.82) is 0 Å². The Kier molecular flexibility index (Phi) is 3.66. The summed E-state index contributed by atoms with van der Waals surface area (Å²) in [5, 5.41) is -0.0758. The Balaban J connectivity index is 1.32. The molecule has 0 N–H and O–H groups in total. The molecule has 3 aliphatic rings. The fraction of sp³-hybridized carbons (Fsp3) is 0.647. The van der Waals surface area contributed by atoms with Crippen LogP contribution in [0, 0.1) is 5.41 Å². The second-order valence-corrected chi connectivity index (χ2v) is 9.53. The van der Waals surface area contributed by atoms with E-state index in [0.29, 0.717) is 0 Å². The van der Waals surface area contributed by atoms with Crippen LogP contribution >= 0.6 is 0 Å². The number of rotatable bonds is 5. The molecular weight excluding hydrogens is 312 g/mol. The first kappa shape index (κ1) is 15.4. The van der Waals surface area contributed by atoms with Crippen molar-refractivity contribution >= 4 is 10.0 Å². The van der Waals surface area contributed by atoms with Crippen LogP contribution in [0.3, 0.4) is 0 Å². The van der Waals surface area contributed by atoms with Crippen LogP contribution in [0.25, 0.3) is 0 Å². The van der Waals surface area contributed by atoms with E-state index in [1.165, 1.54) is 5.56 Å². The van der Waals surface area contributed by atoms with E-state index < -0.39 is 10.0 Å². The van der Waals surface area contributed by atoms with Crippen LogP contribution in [0.4, 0.5) is 0 Å². The topological polar surface area (TPSA) is 49.9 Å². The van der Waals surface area contributed by atoms with Gasteiger partial charge in [0.1, 0.15) is 5.75 Å². The quantitative estimate of drug-likeness (QED) is 0.821. The predicted molar refractivity (Wildman–Crippen MR) is 88.8 cm³/mol. The molecule has 0 atom stereocenters. The molecule has 1 aliphatic carbocycles. The molecule has 0 unspecified atom stereocenters. The molecule has 126 valence electrons. The Labute approximate surface area is 138 Å². The largest absolute Gasteiger partial charge is 0.497 e. The minimum absolute atomic E-state index is 0.0758. The summed E-state index contributed by atoms with van der Waals surface area (Å²) in [6.45, 7) is 4.40. The highest BCUT2D eigenvalue weighted by Gasteiger charge is 2.52. The van der Waals surface area contributed by atoms with Gasteiger partial charge in [0, 0.05) is 38.1 Å². The van der Waals surface area contributed by atoms with Crippen molar-refractivity contribution in [2.45, 2.75) is 31.1 Å². The maximum atomic E-state index is 12.4. The standard InChI is InChI=1S/C17H24N2O3S/c1-22-15-4-2-14(3-5-15)10-18-11-17(12-18)8-9-19(13-17)23(20,21)16-6-7-16/h2-5,16H,6-13H2,1H3. The zero-order valence-corrected chi connectivity index (χ0v) is 14.4. The molecule has 6 heteroatoms. The van der Waals surface area contributed by atoms with Gasteiger partial charge in [-0.15, -0.1) is 0 Å². The summed E-state index contributed by atoms with van der Waals surface area (Å²) in [7, 11) is -1.32. The van der Waals surface area contributed by atoms with Crippen LogP contribution in [0.15, 0.2) is 24.3 Å². The minimum atomic E-state index is -3.00. The second-order valence-electron chi connectivity index (χ2n) is 7.32. The Morgan fingerprint density at radius 3 is 2.48 bits per heavy atom. The third-order valence-electron chi connectivity index (χ3n) is 5.39. The first-order valence-corrected chi connectivity index (χ1v) is 9.85. The van der Waals surface area contributed by atoms with Gasteiger partial charge in [-0.3, -0.25) is 4.90 Å². The van der Waals surface area contributed by atoms with Gasteiger partial charge in [0.25, 0.3) is 0 Å². The van der Waals surface area contributed by atoms with Crippen molar-refractivity contribution in [2.24, 2.45) is 5.41 Å². The predicted octanol–water partition coefficient (Wildman–Crippen LogP) is 1.70. The van der Waals surface area contributed by atoms with E-state index in [2.05, 4.69) is 17.0 Å². The molecule has 2 saturated heterocycles. The van der Waals surface area contributed by atoms with Gasteiger partial charge in [-0.2, -0.15) is 0 Å². The van der Waals surface area contributed by atoms with Gasteiger partial charge in [0.05, 0.1) is 12.4 Å². The molecule has 2 heterocycles. The molecule has 0 amide bonds.